The van der Waals surface area contributed by atoms with E-state index in [1.54, 1.807) is 11.9 Å². The number of hydrogen-bond donors (Lipinski definition) is 1. The predicted octanol–water partition coefficient (Wildman–Crippen LogP) is 0.943. The smallest absolute Gasteiger partial charge is 0.247 e. The molecule has 0 aromatic heterocycles. The summed E-state index contributed by atoms with van der Waals surface area (Å²) >= 11 is 0. The van der Waals surface area contributed by atoms with Crippen LogP contribution in [-0.2, 0) is 4.79 Å². The molecule has 0 saturated carbocycles. The van der Waals surface area contributed by atoms with Gasteiger partial charge in [-0.3, -0.25) is 4.79 Å². The van der Waals surface area contributed by atoms with Crippen molar-refractivity contribution < 1.29 is 9.90 Å². The number of aliphatic hydroxyl groups excluding tert-OH is 1. The lowest BCUT2D eigenvalue weighted by Crippen LogP contribution is -2.57. The molecule has 1 aromatic rings. The van der Waals surface area contributed by atoms with Crippen molar-refractivity contribution in [1.82, 2.24) is 4.90 Å². The number of aryl methyl sites for hydroxylation is 2. The zero-order chi connectivity index (χ0) is 13.3. The van der Waals surface area contributed by atoms with Gasteiger partial charge in [-0.05, 0) is 31.0 Å². The van der Waals surface area contributed by atoms with Gasteiger partial charge in [-0.1, -0.05) is 12.1 Å². The van der Waals surface area contributed by atoms with Crippen molar-refractivity contribution in [3.05, 3.63) is 29.3 Å². The Balaban J connectivity index is 2.36. The number of likely N-dealkylation sites (N-methyl/N-ethyl adjacent to an activating group) is 1. The van der Waals surface area contributed by atoms with E-state index in [1.165, 1.54) is 5.56 Å². The molecule has 1 unspecified atom stereocenters. The molecular formula is C14H20N2O2. The van der Waals surface area contributed by atoms with Crippen LogP contribution in [0.25, 0.3) is 0 Å². The summed E-state index contributed by atoms with van der Waals surface area (Å²) in [5.74, 6) is -0.00958. The van der Waals surface area contributed by atoms with Crippen LogP contribution in [0.2, 0.25) is 0 Å². The molecule has 4 nitrogen and oxygen atoms in total. The number of piperazine rings is 1. The Morgan fingerprint density at radius 3 is 2.72 bits per heavy atom. The van der Waals surface area contributed by atoms with E-state index in [4.69, 9.17) is 0 Å². The summed E-state index contributed by atoms with van der Waals surface area (Å²) in [4.78, 5) is 15.8. The second kappa shape index (κ2) is 4.98. The molecule has 1 N–H and O–H groups in total. The molecule has 1 aliphatic heterocycles. The highest BCUT2D eigenvalue weighted by Crippen LogP contribution is 2.25. The van der Waals surface area contributed by atoms with Crippen molar-refractivity contribution in [3.8, 4) is 0 Å². The maximum Gasteiger partial charge on any atom is 0.247 e. The van der Waals surface area contributed by atoms with Crippen LogP contribution in [0.5, 0.6) is 0 Å². The zero-order valence-electron chi connectivity index (χ0n) is 11.2. The average Bonchev–Trinajstić information content (AvgIpc) is 2.35. The van der Waals surface area contributed by atoms with E-state index in [-0.39, 0.29) is 12.5 Å². The summed E-state index contributed by atoms with van der Waals surface area (Å²) in [5, 5.41) is 9.48. The predicted molar refractivity (Wildman–Crippen MR) is 71.8 cm³/mol. The number of anilines is 1. The third kappa shape index (κ3) is 2.20. The molecule has 4 heteroatoms. The number of benzene rings is 1. The molecule has 98 valence electrons. The molecule has 1 saturated heterocycles. The summed E-state index contributed by atoms with van der Waals surface area (Å²) in [6.45, 7) is 5.39. The van der Waals surface area contributed by atoms with Crippen LogP contribution < -0.4 is 4.90 Å². The maximum atomic E-state index is 12.1. The van der Waals surface area contributed by atoms with Gasteiger partial charge in [-0.25, -0.2) is 0 Å². The molecule has 0 spiro atoms. The summed E-state index contributed by atoms with van der Waals surface area (Å²) in [5.41, 5.74) is 3.35. The van der Waals surface area contributed by atoms with Gasteiger partial charge in [0.2, 0.25) is 5.91 Å². The van der Waals surface area contributed by atoms with Gasteiger partial charge in [0.25, 0.3) is 0 Å². The van der Waals surface area contributed by atoms with Crippen molar-refractivity contribution >= 4 is 11.6 Å². The minimum Gasteiger partial charge on any atom is -0.394 e. The Hall–Kier alpha value is -1.55. The lowest BCUT2D eigenvalue weighted by molar-refractivity contribution is -0.133. The first kappa shape index (κ1) is 12.9. The van der Waals surface area contributed by atoms with Gasteiger partial charge in [0.15, 0.2) is 0 Å². The van der Waals surface area contributed by atoms with Crippen LogP contribution >= 0.6 is 0 Å². The second-order valence-corrected chi connectivity index (χ2v) is 4.94. The van der Waals surface area contributed by atoms with Crippen LogP contribution in [0.3, 0.4) is 0 Å². The van der Waals surface area contributed by atoms with E-state index in [0.717, 1.165) is 17.8 Å². The molecule has 0 bridgehead atoms. The summed E-state index contributed by atoms with van der Waals surface area (Å²) in [6, 6.07) is 5.74. The highest BCUT2D eigenvalue weighted by Gasteiger charge is 2.33. The Labute approximate surface area is 108 Å². The van der Waals surface area contributed by atoms with Crippen LogP contribution in [-0.4, -0.2) is 48.7 Å². The third-order valence-corrected chi connectivity index (χ3v) is 3.56. The lowest BCUT2D eigenvalue weighted by Gasteiger charge is -2.40. The maximum absolute atomic E-state index is 12.1. The highest BCUT2D eigenvalue weighted by atomic mass is 16.3. The fourth-order valence-corrected chi connectivity index (χ4v) is 2.41. The van der Waals surface area contributed by atoms with Gasteiger partial charge < -0.3 is 14.9 Å². The van der Waals surface area contributed by atoms with Crippen molar-refractivity contribution in [2.75, 3.05) is 31.6 Å². The van der Waals surface area contributed by atoms with E-state index < -0.39 is 6.04 Å². The van der Waals surface area contributed by atoms with E-state index >= 15 is 0 Å². The molecule has 1 heterocycles. The van der Waals surface area contributed by atoms with E-state index in [9.17, 15) is 9.90 Å². The fourth-order valence-electron chi connectivity index (χ4n) is 2.41. The van der Waals surface area contributed by atoms with E-state index in [0.29, 0.717) is 6.54 Å². The summed E-state index contributed by atoms with van der Waals surface area (Å²) in [6.07, 6.45) is 0. The van der Waals surface area contributed by atoms with Crippen LogP contribution in [0.4, 0.5) is 5.69 Å². The Morgan fingerprint density at radius 1 is 1.33 bits per heavy atom. The minimum absolute atomic E-state index is 0.00958. The number of carbonyl (C=O) groups is 1. The summed E-state index contributed by atoms with van der Waals surface area (Å²) < 4.78 is 0. The largest absolute Gasteiger partial charge is 0.394 e. The molecule has 1 amide bonds. The third-order valence-electron chi connectivity index (χ3n) is 3.56. The van der Waals surface area contributed by atoms with Crippen molar-refractivity contribution in [2.45, 2.75) is 19.9 Å². The number of carbonyl (C=O) groups excluding carboxylic acids is 1. The molecule has 18 heavy (non-hydrogen) atoms. The molecule has 1 fully saturated rings. The van der Waals surface area contributed by atoms with Gasteiger partial charge in [-0.15, -0.1) is 0 Å². The Kier molecular flexibility index (Phi) is 3.57. The molecule has 2 rings (SSSR count). The molecule has 0 radical (unpaired) electrons. The minimum atomic E-state index is -0.454. The Morgan fingerprint density at radius 2 is 2.06 bits per heavy atom. The quantitative estimate of drug-likeness (QED) is 0.847. The molecule has 1 aromatic carbocycles. The topological polar surface area (TPSA) is 43.8 Å². The molecule has 1 aliphatic rings. The number of nitrogens with zero attached hydrogens (tertiary/aromatic N) is 2. The van der Waals surface area contributed by atoms with Gasteiger partial charge >= 0.3 is 0 Å². The standard InChI is InChI=1S/C14H20N2O2/c1-10-4-5-11(2)12(8-10)16-7-6-15(3)14(18)13(16)9-17/h4-5,8,13,17H,6-7,9H2,1-3H3. The van der Waals surface area contributed by atoms with Crippen LogP contribution in [0, 0.1) is 13.8 Å². The van der Waals surface area contributed by atoms with E-state index in [1.807, 2.05) is 18.7 Å². The van der Waals surface area contributed by atoms with Crippen molar-refractivity contribution in [2.24, 2.45) is 0 Å². The normalized spacial score (nSPS) is 20.4. The first-order chi connectivity index (χ1) is 8.54. The van der Waals surface area contributed by atoms with E-state index in [2.05, 4.69) is 18.2 Å². The van der Waals surface area contributed by atoms with Crippen molar-refractivity contribution in [1.29, 1.82) is 0 Å². The number of amides is 1. The zero-order valence-corrected chi connectivity index (χ0v) is 11.2. The van der Waals surface area contributed by atoms with Gasteiger partial charge in [0, 0.05) is 25.8 Å². The number of hydrogen-bond acceptors (Lipinski definition) is 3. The first-order valence-corrected chi connectivity index (χ1v) is 6.24. The van der Waals surface area contributed by atoms with Crippen molar-refractivity contribution in [3.63, 3.8) is 0 Å². The molecule has 0 aliphatic carbocycles. The van der Waals surface area contributed by atoms with Crippen LogP contribution in [0.1, 0.15) is 11.1 Å². The number of aliphatic hydroxyl groups is 1. The fraction of sp³-hybridized carbons (Fsp3) is 0.500. The van der Waals surface area contributed by atoms with Gasteiger partial charge in [0.05, 0.1) is 6.61 Å². The molecule has 1 atom stereocenters. The first-order valence-electron chi connectivity index (χ1n) is 6.24. The lowest BCUT2D eigenvalue weighted by atomic mass is 10.1. The second-order valence-electron chi connectivity index (χ2n) is 4.94. The van der Waals surface area contributed by atoms with Gasteiger partial charge in [0.1, 0.15) is 6.04 Å². The van der Waals surface area contributed by atoms with Crippen LogP contribution in [0.15, 0.2) is 18.2 Å². The summed E-state index contributed by atoms with van der Waals surface area (Å²) in [7, 11) is 1.78. The SMILES string of the molecule is Cc1ccc(C)c(N2CCN(C)C(=O)C2CO)c1. The molecular weight excluding hydrogens is 228 g/mol. The Bertz CT molecular complexity index is 459. The van der Waals surface area contributed by atoms with Gasteiger partial charge in [-0.2, -0.15) is 0 Å². The monoisotopic (exact) mass is 248 g/mol. The average molecular weight is 248 g/mol. The highest BCUT2D eigenvalue weighted by molar-refractivity contribution is 5.87. The number of rotatable bonds is 2.